The molecule has 28 heavy (non-hydrogen) atoms. The molecule has 0 unspecified atom stereocenters. The van der Waals surface area contributed by atoms with Crippen LogP contribution in [0.25, 0.3) is 0 Å². The number of Topliss-reactive ketones (excluding diaryl/α,β-unsaturated/α-hetero) is 1. The van der Waals surface area contributed by atoms with Crippen molar-refractivity contribution in [1.82, 2.24) is 0 Å². The van der Waals surface area contributed by atoms with Gasteiger partial charge in [-0.15, -0.1) is 0 Å². The molecule has 0 aliphatic heterocycles. The normalized spacial score (nSPS) is 10.3. The van der Waals surface area contributed by atoms with Gasteiger partial charge in [-0.1, -0.05) is 60.7 Å². The van der Waals surface area contributed by atoms with Crippen LogP contribution in [0.5, 0.6) is 11.5 Å². The van der Waals surface area contributed by atoms with Crippen molar-refractivity contribution in [2.75, 3.05) is 0 Å². The topological polar surface area (TPSA) is 72.8 Å². The first-order valence-electron chi connectivity index (χ1n) is 8.80. The third-order valence-electron chi connectivity index (χ3n) is 4.17. The Labute approximate surface area is 163 Å². The summed E-state index contributed by atoms with van der Waals surface area (Å²) in [6.45, 7) is 1.84. The van der Waals surface area contributed by atoms with Crippen LogP contribution in [0.15, 0.2) is 72.8 Å². The number of carboxylic acids is 1. The average molecular weight is 376 g/mol. The molecule has 3 rings (SSSR count). The lowest BCUT2D eigenvalue weighted by molar-refractivity contribution is 0.0691. The molecule has 1 N–H and O–H groups in total. The monoisotopic (exact) mass is 376 g/mol. The molecule has 5 heteroatoms. The first kappa shape index (κ1) is 19.2. The van der Waals surface area contributed by atoms with Gasteiger partial charge in [-0.3, -0.25) is 4.79 Å². The van der Waals surface area contributed by atoms with E-state index in [1.165, 1.54) is 19.1 Å². The Morgan fingerprint density at radius 3 is 1.64 bits per heavy atom. The third kappa shape index (κ3) is 4.76. The lowest BCUT2D eigenvalue weighted by atomic mass is 10.1. The number of ketones is 1. The molecule has 3 aromatic carbocycles. The third-order valence-corrected chi connectivity index (χ3v) is 4.17. The summed E-state index contributed by atoms with van der Waals surface area (Å²) >= 11 is 0. The van der Waals surface area contributed by atoms with Crippen molar-refractivity contribution in [3.63, 3.8) is 0 Å². The molecule has 0 amide bonds. The minimum absolute atomic E-state index is 0.0757. The molecule has 0 aliphatic carbocycles. The van der Waals surface area contributed by atoms with Gasteiger partial charge < -0.3 is 14.6 Å². The highest BCUT2D eigenvalue weighted by molar-refractivity contribution is 6.01. The fourth-order valence-corrected chi connectivity index (χ4v) is 2.71. The number of aromatic carboxylic acids is 1. The summed E-state index contributed by atoms with van der Waals surface area (Å²) in [7, 11) is 0. The number of carbonyl (C=O) groups is 2. The molecule has 142 valence electrons. The number of carboxylic acid groups (broad SMARTS) is 1. The highest BCUT2D eigenvalue weighted by Gasteiger charge is 2.19. The second-order valence-electron chi connectivity index (χ2n) is 6.25. The van der Waals surface area contributed by atoms with Crippen LogP contribution in [0.3, 0.4) is 0 Å². The van der Waals surface area contributed by atoms with E-state index < -0.39 is 5.97 Å². The van der Waals surface area contributed by atoms with Gasteiger partial charge in [0.2, 0.25) is 0 Å². The van der Waals surface area contributed by atoms with Crippen molar-refractivity contribution in [1.29, 1.82) is 0 Å². The molecule has 5 nitrogen and oxygen atoms in total. The van der Waals surface area contributed by atoms with Gasteiger partial charge in [-0.2, -0.15) is 0 Å². The first-order valence-corrected chi connectivity index (χ1v) is 8.80. The number of benzene rings is 3. The molecule has 0 spiro atoms. The van der Waals surface area contributed by atoms with E-state index in [1.807, 2.05) is 60.7 Å². The molecule has 0 radical (unpaired) electrons. The SMILES string of the molecule is CC(=O)c1cc(C(=O)O)c(OCc2ccccc2)cc1OCc1ccccc1. The maximum absolute atomic E-state index is 12.0. The molecule has 0 heterocycles. The number of ether oxygens (including phenoxy) is 2. The second kappa shape index (κ2) is 8.86. The van der Waals surface area contributed by atoms with Gasteiger partial charge >= 0.3 is 5.97 Å². The van der Waals surface area contributed by atoms with Crippen LogP contribution in [0.1, 0.15) is 38.8 Å². The Morgan fingerprint density at radius 2 is 1.21 bits per heavy atom. The van der Waals surface area contributed by atoms with E-state index in [1.54, 1.807) is 0 Å². The molecule has 0 saturated heterocycles. The number of carbonyl (C=O) groups excluding carboxylic acids is 1. The van der Waals surface area contributed by atoms with E-state index in [4.69, 9.17) is 9.47 Å². The van der Waals surface area contributed by atoms with Gasteiger partial charge in [0.05, 0.1) is 5.56 Å². The van der Waals surface area contributed by atoms with Crippen molar-refractivity contribution in [3.8, 4) is 11.5 Å². The highest BCUT2D eigenvalue weighted by Crippen LogP contribution is 2.31. The maximum Gasteiger partial charge on any atom is 0.339 e. The molecule has 0 bridgehead atoms. The smallest absolute Gasteiger partial charge is 0.339 e. The summed E-state index contributed by atoms with van der Waals surface area (Å²) < 4.78 is 11.6. The van der Waals surface area contributed by atoms with E-state index in [-0.39, 0.29) is 35.9 Å². The lowest BCUT2D eigenvalue weighted by Gasteiger charge is -2.15. The largest absolute Gasteiger partial charge is 0.488 e. The standard InChI is InChI=1S/C23H20O5/c1-16(24)19-12-20(23(25)26)22(28-15-18-10-6-3-7-11-18)13-21(19)27-14-17-8-4-2-5-9-17/h2-13H,14-15H2,1H3,(H,25,26). The Kier molecular flexibility index (Phi) is 6.07. The zero-order valence-electron chi connectivity index (χ0n) is 15.4. The number of rotatable bonds is 8. The summed E-state index contributed by atoms with van der Waals surface area (Å²) in [4.78, 5) is 23.7. The van der Waals surface area contributed by atoms with Crippen molar-refractivity contribution in [2.45, 2.75) is 20.1 Å². The summed E-state index contributed by atoms with van der Waals surface area (Å²) in [5, 5.41) is 9.54. The molecular formula is C23H20O5. The Balaban J connectivity index is 1.90. The number of hydrogen-bond acceptors (Lipinski definition) is 4. The minimum Gasteiger partial charge on any atom is -0.488 e. The van der Waals surface area contributed by atoms with Crippen molar-refractivity contribution in [3.05, 3.63) is 95.1 Å². The van der Waals surface area contributed by atoms with Crippen LogP contribution in [0, 0.1) is 0 Å². The average Bonchev–Trinajstić information content (AvgIpc) is 2.71. The lowest BCUT2D eigenvalue weighted by Crippen LogP contribution is -2.08. The Hall–Kier alpha value is -3.60. The highest BCUT2D eigenvalue weighted by atomic mass is 16.5. The summed E-state index contributed by atoms with van der Waals surface area (Å²) in [6, 6.07) is 21.7. The van der Waals surface area contributed by atoms with Crippen LogP contribution >= 0.6 is 0 Å². The quantitative estimate of drug-likeness (QED) is 0.575. The van der Waals surface area contributed by atoms with Gasteiger partial charge in [-0.05, 0) is 24.1 Å². The van der Waals surface area contributed by atoms with Crippen molar-refractivity contribution < 1.29 is 24.2 Å². The Morgan fingerprint density at radius 1 is 0.750 bits per heavy atom. The predicted molar refractivity (Wildman–Crippen MR) is 105 cm³/mol. The molecule has 0 saturated carbocycles. The minimum atomic E-state index is -1.17. The van der Waals surface area contributed by atoms with Gasteiger partial charge in [0.15, 0.2) is 5.78 Å². The fourth-order valence-electron chi connectivity index (χ4n) is 2.71. The van der Waals surface area contributed by atoms with Crippen molar-refractivity contribution >= 4 is 11.8 Å². The maximum atomic E-state index is 12.0. The zero-order chi connectivity index (χ0) is 19.9. The van der Waals surface area contributed by atoms with Crippen LogP contribution < -0.4 is 9.47 Å². The van der Waals surface area contributed by atoms with Crippen molar-refractivity contribution in [2.24, 2.45) is 0 Å². The fraction of sp³-hybridized carbons (Fsp3) is 0.130. The van der Waals surface area contributed by atoms with E-state index in [0.29, 0.717) is 5.75 Å². The molecule has 0 aliphatic rings. The molecule has 3 aromatic rings. The van der Waals surface area contributed by atoms with Gasteiger partial charge in [0, 0.05) is 6.07 Å². The van der Waals surface area contributed by atoms with E-state index in [0.717, 1.165) is 11.1 Å². The summed E-state index contributed by atoms with van der Waals surface area (Å²) in [5.41, 5.74) is 1.97. The van der Waals surface area contributed by atoms with Crippen LogP contribution in [-0.4, -0.2) is 16.9 Å². The predicted octanol–water partition coefficient (Wildman–Crippen LogP) is 4.75. The summed E-state index contributed by atoms with van der Waals surface area (Å²) in [6.07, 6.45) is 0. The molecule has 0 atom stereocenters. The van der Waals surface area contributed by atoms with E-state index in [2.05, 4.69) is 0 Å². The first-order chi connectivity index (χ1) is 13.5. The van der Waals surface area contributed by atoms with Gasteiger partial charge in [0.25, 0.3) is 0 Å². The van der Waals surface area contributed by atoms with Crippen LogP contribution in [0.4, 0.5) is 0 Å². The van der Waals surface area contributed by atoms with E-state index >= 15 is 0 Å². The van der Waals surface area contributed by atoms with E-state index in [9.17, 15) is 14.7 Å². The number of hydrogen-bond donors (Lipinski definition) is 1. The van der Waals surface area contributed by atoms with Crippen LogP contribution in [-0.2, 0) is 13.2 Å². The van der Waals surface area contributed by atoms with Gasteiger partial charge in [0.1, 0.15) is 30.3 Å². The molecule has 0 fully saturated rings. The summed E-state index contributed by atoms with van der Waals surface area (Å²) in [5.74, 6) is -0.992. The molecular weight excluding hydrogens is 356 g/mol. The Bertz CT molecular complexity index is 888. The zero-order valence-corrected chi connectivity index (χ0v) is 15.4. The second-order valence-corrected chi connectivity index (χ2v) is 6.25. The van der Waals surface area contributed by atoms with Gasteiger partial charge in [-0.25, -0.2) is 4.79 Å². The van der Waals surface area contributed by atoms with Crippen LogP contribution in [0.2, 0.25) is 0 Å². The molecule has 0 aromatic heterocycles.